The molecule has 0 amide bonds. The molecule has 86 valence electrons. The number of ether oxygens (including phenoxy) is 1. The van der Waals surface area contributed by atoms with Crippen molar-refractivity contribution in [1.29, 1.82) is 0 Å². The highest BCUT2D eigenvalue weighted by molar-refractivity contribution is 5.85. The molecule has 0 aromatic heterocycles. The van der Waals surface area contributed by atoms with Gasteiger partial charge in [0.2, 0.25) is 0 Å². The van der Waals surface area contributed by atoms with Gasteiger partial charge in [-0.2, -0.15) is 0 Å². The lowest BCUT2D eigenvalue weighted by molar-refractivity contribution is -0.131. The third-order valence-corrected chi connectivity index (χ3v) is 2.24. The Morgan fingerprint density at radius 1 is 1.50 bits per heavy atom. The fraction of sp³-hybridized carbons (Fsp3) is 0.308. The van der Waals surface area contributed by atoms with Crippen LogP contribution < -0.4 is 4.74 Å². The van der Waals surface area contributed by atoms with E-state index in [1.807, 2.05) is 18.2 Å². The molecule has 1 rings (SSSR count). The van der Waals surface area contributed by atoms with Crippen molar-refractivity contribution in [3.63, 3.8) is 0 Å². The van der Waals surface area contributed by atoms with Crippen LogP contribution in [0.3, 0.4) is 0 Å². The van der Waals surface area contributed by atoms with Gasteiger partial charge in [0.15, 0.2) is 0 Å². The number of rotatable bonds is 5. The third kappa shape index (κ3) is 3.42. The van der Waals surface area contributed by atoms with Crippen molar-refractivity contribution in [1.82, 2.24) is 0 Å². The predicted octanol–water partition coefficient (Wildman–Crippen LogP) is 2.75. The molecular formula is C13H16O3. The summed E-state index contributed by atoms with van der Waals surface area (Å²) in [4.78, 5) is 10.4. The Balaban J connectivity index is 2.96. The van der Waals surface area contributed by atoms with Crippen LogP contribution in [0.5, 0.6) is 5.75 Å². The first-order chi connectivity index (χ1) is 7.67. The number of hydrogen-bond acceptors (Lipinski definition) is 2. The Morgan fingerprint density at radius 2 is 2.25 bits per heavy atom. The van der Waals surface area contributed by atoms with Gasteiger partial charge < -0.3 is 9.84 Å². The smallest absolute Gasteiger partial charge is 0.328 e. The quantitative estimate of drug-likeness (QED) is 0.776. The van der Waals surface area contributed by atoms with E-state index in [9.17, 15) is 4.79 Å². The minimum absolute atomic E-state index is 0.856. The molecule has 0 saturated carbocycles. The number of carbonyl (C=O) groups is 1. The molecule has 0 bridgehead atoms. The molecule has 1 aromatic carbocycles. The third-order valence-electron chi connectivity index (χ3n) is 2.24. The summed E-state index contributed by atoms with van der Waals surface area (Å²) in [5, 5.41) is 8.54. The minimum atomic E-state index is -0.937. The standard InChI is InChI=1S/C13H16O3/c1-3-4-11-9-10(6-8-13(14)15)5-7-12(11)16-2/h5-9H,3-4H2,1-2H3,(H,14,15)/b8-6+. The zero-order chi connectivity index (χ0) is 12.0. The van der Waals surface area contributed by atoms with Gasteiger partial charge >= 0.3 is 5.97 Å². The summed E-state index contributed by atoms with van der Waals surface area (Å²) in [5.41, 5.74) is 1.99. The molecule has 0 heterocycles. The second-order valence-electron chi connectivity index (χ2n) is 3.49. The first kappa shape index (κ1) is 12.3. The average Bonchev–Trinajstić information content (AvgIpc) is 2.27. The van der Waals surface area contributed by atoms with E-state index in [0.29, 0.717) is 0 Å². The summed E-state index contributed by atoms with van der Waals surface area (Å²) in [6.07, 6.45) is 4.68. The van der Waals surface area contributed by atoms with Crippen LogP contribution >= 0.6 is 0 Å². The zero-order valence-electron chi connectivity index (χ0n) is 9.56. The van der Waals surface area contributed by atoms with Crippen LogP contribution in [-0.4, -0.2) is 18.2 Å². The maximum atomic E-state index is 10.4. The number of aryl methyl sites for hydroxylation is 1. The second-order valence-corrected chi connectivity index (χ2v) is 3.49. The lowest BCUT2D eigenvalue weighted by Gasteiger charge is -2.08. The Morgan fingerprint density at radius 3 is 2.81 bits per heavy atom. The molecule has 0 aliphatic rings. The minimum Gasteiger partial charge on any atom is -0.496 e. The van der Waals surface area contributed by atoms with Crippen molar-refractivity contribution in [2.75, 3.05) is 7.11 Å². The monoisotopic (exact) mass is 220 g/mol. The number of aliphatic carboxylic acids is 1. The van der Waals surface area contributed by atoms with Crippen LogP contribution in [0.1, 0.15) is 24.5 Å². The van der Waals surface area contributed by atoms with Crippen molar-refractivity contribution >= 4 is 12.0 Å². The molecule has 0 atom stereocenters. The van der Waals surface area contributed by atoms with Crippen LogP contribution in [-0.2, 0) is 11.2 Å². The summed E-state index contributed by atoms with van der Waals surface area (Å²) in [7, 11) is 1.64. The topological polar surface area (TPSA) is 46.5 Å². The maximum absolute atomic E-state index is 10.4. The molecule has 16 heavy (non-hydrogen) atoms. The van der Waals surface area contributed by atoms with Crippen LogP contribution in [0.4, 0.5) is 0 Å². The van der Waals surface area contributed by atoms with Crippen molar-refractivity contribution in [3.8, 4) is 5.75 Å². The summed E-state index contributed by atoms with van der Waals surface area (Å²) in [6.45, 7) is 2.10. The van der Waals surface area contributed by atoms with E-state index in [0.717, 1.165) is 35.8 Å². The number of carboxylic acid groups (broad SMARTS) is 1. The molecule has 0 unspecified atom stereocenters. The van der Waals surface area contributed by atoms with Crippen molar-refractivity contribution < 1.29 is 14.6 Å². The molecule has 0 fully saturated rings. The van der Waals surface area contributed by atoms with Gasteiger partial charge in [-0.05, 0) is 35.8 Å². The van der Waals surface area contributed by atoms with E-state index in [1.54, 1.807) is 13.2 Å². The fourth-order valence-electron chi connectivity index (χ4n) is 1.53. The van der Waals surface area contributed by atoms with E-state index < -0.39 is 5.97 Å². The van der Waals surface area contributed by atoms with Crippen LogP contribution in [0.25, 0.3) is 6.08 Å². The van der Waals surface area contributed by atoms with E-state index in [1.165, 1.54) is 0 Å². The SMILES string of the molecule is CCCc1cc(/C=C/C(=O)O)ccc1OC. The van der Waals surface area contributed by atoms with E-state index in [2.05, 4.69) is 6.92 Å². The number of hydrogen-bond donors (Lipinski definition) is 1. The summed E-state index contributed by atoms with van der Waals surface area (Å²) >= 11 is 0. The average molecular weight is 220 g/mol. The second kappa shape index (κ2) is 5.95. The largest absolute Gasteiger partial charge is 0.496 e. The molecule has 0 saturated heterocycles. The van der Waals surface area contributed by atoms with E-state index in [-0.39, 0.29) is 0 Å². The zero-order valence-corrected chi connectivity index (χ0v) is 9.56. The first-order valence-electron chi connectivity index (χ1n) is 5.25. The fourth-order valence-corrected chi connectivity index (χ4v) is 1.53. The molecular weight excluding hydrogens is 204 g/mol. The van der Waals surface area contributed by atoms with Crippen molar-refractivity contribution in [3.05, 3.63) is 35.4 Å². The Hall–Kier alpha value is -1.77. The maximum Gasteiger partial charge on any atom is 0.328 e. The van der Waals surface area contributed by atoms with Gasteiger partial charge in [-0.25, -0.2) is 4.79 Å². The van der Waals surface area contributed by atoms with E-state index in [4.69, 9.17) is 9.84 Å². The Labute approximate surface area is 95.4 Å². The first-order valence-corrected chi connectivity index (χ1v) is 5.25. The van der Waals surface area contributed by atoms with Crippen molar-refractivity contribution in [2.24, 2.45) is 0 Å². The Kier molecular flexibility index (Phi) is 4.58. The van der Waals surface area contributed by atoms with Gasteiger partial charge in [-0.15, -0.1) is 0 Å². The van der Waals surface area contributed by atoms with Crippen LogP contribution in [0.15, 0.2) is 24.3 Å². The van der Waals surface area contributed by atoms with Crippen LogP contribution in [0, 0.1) is 0 Å². The van der Waals surface area contributed by atoms with Crippen molar-refractivity contribution in [2.45, 2.75) is 19.8 Å². The predicted molar refractivity (Wildman–Crippen MR) is 63.7 cm³/mol. The molecule has 1 N–H and O–H groups in total. The normalized spacial score (nSPS) is 10.6. The van der Waals surface area contributed by atoms with E-state index >= 15 is 0 Å². The summed E-state index contributed by atoms with van der Waals surface area (Å²) in [6, 6.07) is 5.67. The summed E-state index contributed by atoms with van der Waals surface area (Å²) in [5.74, 6) is -0.0813. The molecule has 1 aromatic rings. The van der Waals surface area contributed by atoms with Gasteiger partial charge in [-0.3, -0.25) is 0 Å². The molecule has 3 heteroatoms. The lowest BCUT2D eigenvalue weighted by atomic mass is 10.1. The Bertz CT molecular complexity index is 394. The van der Waals surface area contributed by atoms with Gasteiger partial charge in [0.25, 0.3) is 0 Å². The van der Waals surface area contributed by atoms with Gasteiger partial charge in [-0.1, -0.05) is 19.4 Å². The highest BCUT2D eigenvalue weighted by Gasteiger charge is 2.02. The van der Waals surface area contributed by atoms with Gasteiger partial charge in [0, 0.05) is 6.08 Å². The lowest BCUT2D eigenvalue weighted by Crippen LogP contribution is -1.92. The molecule has 0 radical (unpaired) electrons. The highest BCUT2D eigenvalue weighted by Crippen LogP contribution is 2.21. The molecule has 3 nitrogen and oxygen atoms in total. The molecule has 0 aliphatic heterocycles. The molecule has 0 spiro atoms. The van der Waals surface area contributed by atoms with Gasteiger partial charge in [0.05, 0.1) is 7.11 Å². The number of carboxylic acids is 1. The van der Waals surface area contributed by atoms with Crippen LogP contribution in [0.2, 0.25) is 0 Å². The number of benzene rings is 1. The highest BCUT2D eigenvalue weighted by atomic mass is 16.5. The molecule has 0 aliphatic carbocycles. The summed E-state index contributed by atoms with van der Waals surface area (Å²) < 4.78 is 5.24. The van der Waals surface area contributed by atoms with Gasteiger partial charge in [0.1, 0.15) is 5.75 Å². The number of methoxy groups -OCH3 is 1.